The summed E-state index contributed by atoms with van der Waals surface area (Å²) < 4.78 is 0. The highest BCUT2D eigenvalue weighted by Crippen LogP contribution is 2.38. The zero-order chi connectivity index (χ0) is 17.6. The maximum atomic E-state index is 2.51. The van der Waals surface area contributed by atoms with Crippen LogP contribution in [0.5, 0.6) is 0 Å². The molecule has 0 amide bonds. The van der Waals surface area contributed by atoms with Crippen molar-refractivity contribution < 1.29 is 0 Å². The standard InChI is InChI=1S/C23H48/c1-7-20-23(6,9-3)22(5)19-17-15-13-11-10-12-14-16-18-21(4)8-2/h21-22H,7-20H2,1-6H3. The molecule has 3 unspecified atom stereocenters. The lowest BCUT2D eigenvalue weighted by atomic mass is 9.71. The molecule has 0 spiro atoms. The quantitative estimate of drug-likeness (QED) is 0.249. The van der Waals surface area contributed by atoms with Crippen molar-refractivity contribution in [1.29, 1.82) is 0 Å². The Kier molecular flexibility index (Phi) is 14.4. The van der Waals surface area contributed by atoms with Gasteiger partial charge in [-0.05, 0) is 23.7 Å². The normalized spacial score (nSPS) is 17.0. The Balaban J connectivity index is 3.48. The van der Waals surface area contributed by atoms with Crippen molar-refractivity contribution in [2.45, 2.75) is 131 Å². The van der Waals surface area contributed by atoms with E-state index in [1.165, 1.54) is 89.9 Å². The molecule has 0 heteroatoms. The first-order valence-corrected chi connectivity index (χ1v) is 11.0. The molecule has 0 rings (SSSR count). The number of hydrogen-bond acceptors (Lipinski definition) is 0. The molecule has 0 heterocycles. The van der Waals surface area contributed by atoms with Gasteiger partial charge < -0.3 is 0 Å². The summed E-state index contributed by atoms with van der Waals surface area (Å²) in [5, 5.41) is 0. The van der Waals surface area contributed by atoms with Crippen LogP contribution in [0.15, 0.2) is 0 Å². The molecule has 0 saturated heterocycles. The lowest BCUT2D eigenvalue weighted by molar-refractivity contribution is 0.160. The average molecular weight is 325 g/mol. The molecule has 0 nitrogen and oxygen atoms in total. The summed E-state index contributed by atoms with van der Waals surface area (Å²) in [7, 11) is 0. The van der Waals surface area contributed by atoms with Crippen LogP contribution in [0, 0.1) is 17.3 Å². The predicted molar refractivity (Wildman–Crippen MR) is 108 cm³/mol. The molecule has 0 fully saturated rings. The Morgan fingerprint density at radius 2 is 1.17 bits per heavy atom. The molecule has 0 aromatic rings. The molecule has 0 aromatic carbocycles. The average Bonchev–Trinajstić information content (AvgIpc) is 2.55. The summed E-state index contributed by atoms with van der Waals surface area (Å²) in [6.45, 7) is 14.4. The van der Waals surface area contributed by atoms with Crippen molar-refractivity contribution in [3.63, 3.8) is 0 Å². The van der Waals surface area contributed by atoms with Gasteiger partial charge >= 0.3 is 0 Å². The third kappa shape index (κ3) is 11.2. The van der Waals surface area contributed by atoms with E-state index in [1.807, 2.05) is 0 Å². The van der Waals surface area contributed by atoms with Crippen molar-refractivity contribution in [3.8, 4) is 0 Å². The van der Waals surface area contributed by atoms with Crippen molar-refractivity contribution >= 4 is 0 Å². The van der Waals surface area contributed by atoms with Gasteiger partial charge in [-0.15, -0.1) is 0 Å². The summed E-state index contributed by atoms with van der Waals surface area (Å²) in [6, 6.07) is 0. The van der Waals surface area contributed by atoms with Crippen molar-refractivity contribution in [3.05, 3.63) is 0 Å². The second-order valence-corrected chi connectivity index (χ2v) is 8.58. The van der Waals surface area contributed by atoms with Crippen LogP contribution in [0.25, 0.3) is 0 Å². The zero-order valence-electron chi connectivity index (χ0n) is 17.6. The van der Waals surface area contributed by atoms with Gasteiger partial charge in [-0.3, -0.25) is 0 Å². The molecule has 0 saturated carbocycles. The summed E-state index contributed by atoms with van der Waals surface area (Å²) in [5.74, 6) is 1.84. The van der Waals surface area contributed by atoms with E-state index >= 15 is 0 Å². The van der Waals surface area contributed by atoms with E-state index in [0.29, 0.717) is 5.41 Å². The van der Waals surface area contributed by atoms with E-state index in [2.05, 4.69) is 41.5 Å². The Morgan fingerprint density at radius 1 is 0.696 bits per heavy atom. The molecule has 0 aromatic heterocycles. The summed E-state index contributed by atoms with van der Waals surface area (Å²) >= 11 is 0. The molecule has 23 heavy (non-hydrogen) atoms. The minimum atomic E-state index is 0.588. The van der Waals surface area contributed by atoms with Gasteiger partial charge in [0.2, 0.25) is 0 Å². The van der Waals surface area contributed by atoms with Gasteiger partial charge in [0.25, 0.3) is 0 Å². The Morgan fingerprint density at radius 3 is 1.61 bits per heavy atom. The topological polar surface area (TPSA) is 0 Å². The van der Waals surface area contributed by atoms with Crippen LogP contribution in [-0.4, -0.2) is 0 Å². The number of rotatable bonds is 16. The molecule has 0 aliphatic heterocycles. The van der Waals surface area contributed by atoms with E-state index in [1.54, 1.807) is 0 Å². The van der Waals surface area contributed by atoms with Gasteiger partial charge in [0.05, 0.1) is 0 Å². The summed E-state index contributed by atoms with van der Waals surface area (Å²) in [5.41, 5.74) is 0.588. The van der Waals surface area contributed by atoms with E-state index in [4.69, 9.17) is 0 Å². The summed E-state index contributed by atoms with van der Waals surface area (Å²) in [4.78, 5) is 0. The van der Waals surface area contributed by atoms with Gasteiger partial charge in [0.1, 0.15) is 0 Å². The highest BCUT2D eigenvalue weighted by molar-refractivity contribution is 4.78. The molecule has 0 aliphatic carbocycles. The fraction of sp³-hybridized carbons (Fsp3) is 1.00. The predicted octanol–water partition coefficient (Wildman–Crippen LogP) is 8.79. The second-order valence-electron chi connectivity index (χ2n) is 8.58. The van der Waals surface area contributed by atoms with Crippen LogP contribution >= 0.6 is 0 Å². The molecule has 0 N–H and O–H groups in total. The summed E-state index contributed by atoms with van der Waals surface area (Å²) in [6.07, 6.45) is 20.0. The van der Waals surface area contributed by atoms with Crippen molar-refractivity contribution in [1.82, 2.24) is 0 Å². The second kappa shape index (κ2) is 14.4. The number of unbranched alkanes of at least 4 members (excludes halogenated alkanes) is 7. The maximum Gasteiger partial charge on any atom is -0.0303 e. The van der Waals surface area contributed by atoms with Gasteiger partial charge in [0.15, 0.2) is 0 Å². The molecule has 0 radical (unpaired) electrons. The van der Waals surface area contributed by atoms with Gasteiger partial charge in [0, 0.05) is 0 Å². The highest BCUT2D eigenvalue weighted by Gasteiger charge is 2.27. The monoisotopic (exact) mass is 324 g/mol. The molecule has 140 valence electrons. The fourth-order valence-corrected chi connectivity index (χ4v) is 3.90. The van der Waals surface area contributed by atoms with Gasteiger partial charge in [-0.2, -0.15) is 0 Å². The maximum absolute atomic E-state index is 2.51. The molecular formula is C23H48. The van der Waals surface area contributed by atoms with Crippen LogP contribution in [0.4, 0.5) is 0 Å². The first-order chi connectivity index (χ1) is 11.0. The van der Waals surface area contributed by atoms with E-state index in [0.717, 1.165) is 11.8 Å². The minimum absolute atomic E-state index is 0.588. The van der Waals surface area contributed by atoms with Crippen molar-refractivity contribution in [2.75, 3.05) is 0 Å². The first-order valence-electron chi connectivity index (χ1n) is 11.0. The van der Waals surface area contributed by atoms with Gasteiger partial charge in [-0.25, -0.2) is 0 Å². The lowest BCUT2D eigenvalue weighted by Gasteiger charge is -2.35. The van der Waals surface area contributed by atoms with Crippen LogP contribution in [0.3, 0.4) is 0 Å². The molecule has 0 aliphatic rings. The highest BCUT2D eigenvalue weighted by atomic mass is 14.3. The van der Waals surface area contributed by atoms with E-state index in [9.17, 15) is 0 Å². The molecular weight excluding hydrogens is 276 g/mol. The number of hydrogen-bond donors (Lipinski definition) is 0. The van der Waals surface area contributed by atoms with Crippen molar-refractivity contribution in [2.24, 2.45) is 17.3 Å². The van der Waals surface area contributed by atoms with Crippen LogP contribution in [-0.2, 0) is 0 Å². The molecule has 3 atom stereocenters. The Hall–Kier alpha value is 0. The third-order valence-electron chi connectivity index (χ3n) is 6.60. The van der Waals surface area contributed by atoms with E-state index in [-0.39, 0.29) is 0 Å². The minimum Gasteiger partial charge on any atom is -0.0654 e. The van der Waals surface area contributed by atoms with Crippen LogP contribution in [0.1, 0.15) is 131 Å². The Bertz CT molecular complexity index is 244. The largest absolute Gasteiger partial charge is 0.0654 e. The fourth-order valence-electron chi connectivity index (χ4n) is 3.90. The zero-order valence-corrected chi connectivity index (χ0v) is 17.6. The van der Waals surface area contributed by atoms with Crippen LogP contribution in [0.2, 0.25) is 0 Å². The smallest absolute Gasteiger partial charge is 0.0303 e. The van der Waals surface area contributed by atoms with Gasteiger partial charge in [-0.1, -0.05) is 125 Å². The third-order valence-corrected chi connectivity index (χ3v) is 6.60. The SMILES string of the molecule is CCCC(C)(CC)C(C)CCCCCCCCCCC(C)CC. The first kappa shape index (κ1) is 23.0. The Labute approximate surface area is 149 Å². The molecule has 0 bridgehead atoms. The lowest BCUT2D eigenvalue weighted by Crippen LogP contribution is -2.24. The van der Waals surface area contributed by atoms with Crippen LogP contribution < -0.4 is 0 Å². The van der Waals surface area contributed by atoms with E-state index < -0.39 is 0 Å².